The van der Waals surface area contributed by atoms with Crippen LogP contribution in [0.15, 0.2) is 24.3 Å². The number of ketones is 4. The smallest absolute Gasteiger partial charge is 0.341 e. The van der Waals surface area contributed by atoms with Crippen LogP contribution in [-0.2, 0) is 57.2 Å². The molecule has 0 aromatic heterocycles. The molecule has 50 heavy (non-hydrogen) atoms. The number of fused-ring (bicyclic) bond motifs is 4. The number of ether oxygens (including phenoxy) is 6. The van der Waals surface area contributed by atoms with Gasteiger partial charge in [-0.25, -0.2) is 9.59 Å². The van der Waals surface area contributed by atoms with Crippen LogP contribution in [0.25, 0.3) is 0 Å². The molecule has 7 fully saturated rings. The molecule has 0 aromatic rings. The van der Waals surface area contributed by atoms with Crippen molar-refractivity contribution in [2.45, 2.75) is 164 Å². The van der Waals surface area contributed by atoms with Gasteiger partial charge in [-0.05, 0) is 65.2 Å². The maximum atomic E-state index is 14.5. The van der Waals surface area contributed by atoms with Crippen LogP contribution < -0.4 is 0 Å². The maximum absolute atomic E-state index is 14.5. The Morgan fingerprint density at radius 3 is 1.34 bits per heavy atom. The Kier molecular flexibility index (Phi) is 8.68. The van der Waals surface area contributed by atoms with Crippen LogP contribution in [0, 0.1) is 11.8 Å². The normalized spacial score (nSPS) is 46.6. The molecule has 12 nitrogen and oxygen atoms in total. The Morgan fingerprint density at radius 2 is 0.980 bits per heavy atom. The van der Waals surface area contributed by atoms with E-state index in [2.05, 4.69) is 13.2 Å². The van der Waals surface area contributed by atoms with Crippen molar-refractivity contribution in [1.29, 1.82) is 0 Å². The number of Topliss-reactive ketones (excluding diaryl/α,β-unsaturated/α-hetero) is 4. The Labute approximate surface area is 291 Å². The number of carbonyl (C=O) groups excluding carboxylic acids is 6. The van der Waals surface area contributed by atoms with Gasteiger partial charge in [0.1, 0.15) is 48.2 Å². The molecular weight excluding hydrogens is 648 g/mol. The molecular formula is C38H48O12. The highest BCUT2D eigenvalue weighted by Crippen LogP contribution is 2.55. The predicted molar refractivity (Wildman–Crippen MR) is 174 cm³/mol. The van der Waals surface area contributed by atoms with E-state index < -0.39 is 71.0 Å². The third-order valence-electron chi connectivity index (χ3n) is 12.2. The molecule has 7 aliphatic heterocycles. The highest BCUT2D eigenvalue weighted by Gasteiger charge is 2.74. The van der Waals surface area contributed by atoms with E-state index in [1.165, 1.54) is 0 Å². The van der Waals surface area contributed by atoms with E-state index in [-0.39, 0.29) is 99.2 Å². The standard InChI is InChI=1S/C38H48O12/c1-19(2)21-7-9-37-31(49-37)29(17-35(5)15-25(41)27(47-35)13-23(39)11-21)46-34(44)38-10-8-22(20(3)4)12-24(40)14-28-26(42)16-36(6,48-28)18-30(32(38)50-38)45-33(37)43/h21-22,27-32H,1,3,7-18H2,2,4-6H3/t21-,22-,27+,28?,29?,30?,31-,32+,35?,36?,37+,38+/m0/s1. The second-order valence-corrected chi connectivity index (χ2v) is 16.6. The van der Waals surface area contributed by atoms with Gasteiger partial charge in [-0.1, -0.05) is 24.3 Å². The molecule has 7 heterocycles. The second kappa shape index (κ2) is 12.3. The molecule has 0 spiro atoms. The zero-order chi connectivity index (χ0) is 36.0. The highest BCUT2D eigenvalue weighted by atomic mass is 16.7. The minimum Gasteiger partial charge on any atom is -0.457 e. The lowest BCUT2D eigenvalue weighted by Gasteiger charge is -2.32. The lowest BCUT2D eigenvalue weighted by atomic mass is 9.81. The van der Waals surface area contributed by atoms with Crippen molar-refractivity contribution in [3.05, 3.63) is 24.3 Å². The van der Waals surface area contributed by atoms with Crippen molar-refractivity contribution < 1.29 is 57.2 Å². The zero-order valence-corrected chi connectivity index (χ0v) is 29.4. The van der Waals surface area contributed by atoms with E-state index in [1.807, 2.05) is 13.8 Å². The topological polar surface area (TPSA) is 164 Å². The quantitative estimate of drug-likeness (QED) is 0.234. The van der Waals surface area contributed by atoms with Crippen LogP contribution in [0.3, 0.4) is 0 Å². The molecule has 0 aromatic carbocycles. The van der Waals surface area contributed by atoms with Crippen LogP contribution in [-0.4, -0.2) is 94.1 Å². The molecule has 7 rings (SSSR count). The maximum Gasteiger partial charge on any atom is 0.341 e. The summed E-state index contributed by atoms with van der Waals surface area (Å²) >= 11 is 0. The molecule has 5 unspecified atom stereocenters. The third-order valence-corrected chi connectivity index (χ3v) is 12.2. The molecule has 7 aliphatic rings. The lowest BCUT2D eigenvalue weighted by Crippen LogP contribution is -2.48. The van der Waals surface area contributed by atoms with Gasteiger partial charge < -0.3 is 28.4 Å². The number of esters is 2. The predicted octanol–water partition coefficient (Wildman–Crippen LogP) is 3.78. The molecule has 0 N–H and O–H groups in total. The van der Waals surface area contributed by atoms with Crippen molar-refractivity contribution in [2.75, 3.05) is 0 Å². The van der Waals surface area contributed by atoms with Crippen molar-refractivity contribution in [2.24, 2.45) is 11.8 Å². The van der Waals surface area contributed by atoms with Gasteiger partial charge in [-0.2, -0.15) is 0 Å². The highest BCUT2D eigenvalue weighted by molar-refractivity contribution is 5.93. The minimum atomic E-state index is -1.50. The summed E-state index contributed by atoms with van der Waals surface area (Å²) in [4.78, 5) is 81.6. The zero-order valence-electron chi connectivity index (χ0n) is 29.4. The van der Waals surface area contributed by atoms with Crippen LogP contribution in [0.5, 0.6) is 0 Å². The van der Waals surface area contributed by atoms with Gasteiger partial charge in [0.2, 0.25) is 0 Å². The minimum absolute atomic E-state index is 0.00599. The number of carbonyl (C=O) groups is 6. The molecule has 0 radical (unpaired) electrons. The monoisotopic (exact) mass is 696 g/mol. The van der Waals surface area contributed by atoms with E-state index in [0.717, 1.165) is 11.1 Å². The molecule has 12 atom stereocenters. The molecule has 8 bridgehead atoms. The average molecular weight is 697 g/mol. The summed E-state index contributed by atoms with van der Waals surface area (Å²) in [6, 6.07) is 0. The van der Waals surface area contributed by atoms with Gasteiger partial charge in [0.15, 0.2) is 22.8 Å². The number of allylic oxidation sites excluding steroid dienone is 2. The van der Waals surface area contributed by atoms with Crippen molar-refractivity contribution >= 4 is 35.1 Å². The summed E-state index contributed by atoms with van der Waals surface area (Å²) in [5.41, 5.74) is -3.67. The first-order valence-electron chi connectivity index (χ1n) is 18.0. The largest absolute Gasteiger partial charge is 0.457 e. The summed E-state index contributed by atoms with van der Waals surface area (Å²) in [7, 11) is 0. The first kappa shape index (κ1) is 35.3. The van der Waals surface area contributed by atoms with Gasteiger partial charge in [0.05, 0.1) is 11.2 Å². The van der Waals surface area contributed by atoms with E-state index in [1.54, 1.807) is 13.8 Å². The van der Waals surface area contributed by atoms with Gasteiger partial charge >= 0.3 is 11.9 Å². The molecule has 7 saturated heterocycles. The summed E-state index contributed by atoms with van der Waals surface area (Å²) in [5, 5.41) is 0. The molecule has 12 heteroatoms. The summed E-state index contributed by atoms with van der Waals surface area (Å²) in [6.45, 7) is 15.3. The Balaban J connectivity index is 1.28. The van der Waals surface area contributed by atoms with E-state index >= 15 is 0 Å². The Hall–Kier alpha value is -3.06. The van der Waals surface area contributed by atoms with E-state index in [4.69, 9.17) is 28.4 Å². The van der Waals surface area contributed by atoms with Crippen molar-refractivity contribution in [1.82, 2.24) is 0 Å². The van der Waals surface area contributed by atoms with E-state index in [0.29, 0.717) is 12.8 Å². The molecule has 0 aliphatic carbocycles. The number of hydrogen-bond donors (Lipinski definition) is 0. The summed E-state index contributed by atoms with van der Waals surface area (Å²) < 4.78 is 37.7. The van der Waals surface area contributed by atoms with Crippen LogP contribution in [0.2, 0.25) is 0 Å². The fourth-order valence-electron chi connectivity index (χ4n) is 9.19. The first-order valence-corrected chi connectivity index (χ1v) is 18.0. The van der Waals surface area contributed by atoms with Gasteiger partial charge in [-0.15, -0.1) is 0 Å². The van der Waals surface area contributed by atoms with Gasteiger partial charge in [0, 0.05) is 51.4 Å². The molecule has 272 valence electrons. The van der Waals surface area contributed by atoms with Crippen LogP contribution in [0.4, 0.5) is 0 Å². The van der Waals surface area contributed by atoms with Crippen LogP contribution >= 0.6 is 0 Å². The lowest BCUT2D eigenvalue weighted by molar-refractivity contribution is -0.166. The Bertz CT molecular complexity index is 1450. The fraction of sp³-hybridized carbons (Fsp3) is 0.737. The van der Waals surface area contributed by atoms with Crippen molar-refractivity contribution in [3.63, 3.8) is 0 Å². The van der Waals surface area contributed by atoms with E-state index in [9.17, 15) is 28.8 Å². The molecule has 0 saturated carbocycles. The molecule has 0 amide bonds. The SMILES string of the molecule is C=C(C)[C@H]1CC[C@@]23O[C@@H]2C(CC2(C)CC(=O)C(CC(=O)C1)O2)OC(=O)[C@@]12CC[C@H](C(=C)C)CC(=O)C[C@H]4OC(C)(CC4=O)CC(OC3=O)[C@@H]1O2. The number of hydrogen-bond acceptors (Lipinski definition) is 12. The number of rotatable bonds is 2. The fourth-order valence-corrected chi connectivity index (χ4v) is 9.19. The summed E-state index contributed by atoms with van der Waals surface area (Å²) in [5.74, 6) is -2.58. The first-order chi connectivity index (χ1) is 23.4. The average Bonchev–Trinajstić information content (AvgIpc) is 3.88. The Morgan fingerprint density at radius 1 is 0.600 bits per heavy atom. The van der Waals surface area contributed by atoms with Crippen LogP contribution in [0.1, 0.15) is 105 Å². The third kappa shape index (κ3) is 6.34. The number of epoxide rings is 2. The second-order valence-electron chi connectivity index (χ2n) is 16.6. The van der Waals surface area contributed by atoms with Gasteiger partial charge in [-0.3, -0.25) is 19.2 Å². The van der Waals surface area contributed by atoms with Crippen molar-refractivity contribution in [3.8, 4) is 0 Å². The van der Waals surface area contributed by atoms with Gasteiger partial charge in [0.25, 0.3) is 0 Å². The summed E-state index contributed by atoms with van der Waals surface area (Å²) in [6.07, 6.45) is -4.32.